The maximum atomic E-state index is 9.95. The number of nitrogens with two attached hydrogens (primary N) is 1. The van der Waals surface area contributed by atoms with Crippen LogP contribution in [0.2, 0.25) is 0 Å². The molecule has 0 saturated heterocycles. The first-order chi connectivity index (χ1) is 4.34. The van der Waals surface area contributed by atoms with E-state index in [1.165, 1.54) is 0 Å². The lowest BCUT2D eigenvalue weighted by Gasteiger charge is -2.03. The van der Waals surface area contributed by atoms with Crippen LogP contribution in [-0.2, 0) is 0 Å². The zero-order valence-corrected chi connectivity index (χ0v) is 5.00. The molecule has 48 valence electrons. The first kappa shape index (κ1) is 6.01. The summed E-state index contributed by atoms with van der Waals surface area (Å²) in [4.78, 5) is 9.95. The summed E-state index contributed by atoms with van der Waals surface area (Å²) in [6.07, 6.45) is 5.22. The second-order valence-corrected chi connectivity index (χ2v) is 1.93. The van der Waals surface area contributed by atoms with Gasteiger partial charge in [-0.2, -0.15) is 0 Å². The molecule has 0 aromatic heterocycles. The second kappa shape index (κ2) is 2.44. The van der Waals surface area contributed by atoms with E-state index in [0.29, 0.717) is 17.8 Å². The molecule has 3 heteroatoms. The summed E-state index contributed by atoms with van der Waals surface area (Å²) < 4.78 is 0. The van der Waals surface area contributed by atoms with Crippen LogP contribution in [0.3, 0.4) is 0 Å². The van der Waals surface area contributed by atoms with Gasteiger partial charge in [-0.3, -0.25) is 0 Å². The highest BCUT2D eigenvalue weighted by Crippen LogP contribution is 2.15. The monoisotopic (exact) mass is 124 g/mol. The number of rotatable bonds is 1. The van der Waals surface area contributed by atoms with Crippen molar-refractivity contribution in [2.45, 2.75) is 12.8 Å². The molecule has 0 heterocycles. The molecule has 0 aliphatic heterocycles. The summed E-state index contributed by atoms with van der Waals surface area (Å²) in [6, 6.07) is 0. The van der Waals surface area contributed by atoms with Crippen LogP contribution in [0.15, 0.2) is 28.7 Å². The van der Waals surface area contributed by atoms with Crippen LogP contribution >= 0.6 is 0 Å². The molecule has 1 rings (SSSR count). The fraction of sp³-hybridized carbons (Fsp3) is 0.333. The minimum absolute atomic E-state index is 0.484. The Morgan fingerprint density at radius 3 is 2.89 bits per heavy atom. The van der Waals surface area contributed by atoms with Gasteiger partial charge in [0.1, 0.15) is 5.70 Å². The van der Waals surface area contributed by atoms with Crippen molar-refractivity contribution in [3.8, 4) is 0 Å². The fourth-order valence-corrected chi connectivity index (χ4v) is 0.769. The van der Waals surface area contributed by atoms with Gasteiger partial charge in [-0.25, -0.2) is 0 Å². The topological polar surface area (TPSA) is 55.4 Å². The molecule has 0 fully saturated rings. The molecule has 0 saturated carbocycles. The molecule has 1 aliphatic carbocycles. The molecule has 0 radical (unpaired) electrons. The molecular weight excluding hydrogens is 116 g/mol. The summed E-state index contributed by atoms with van der Waals surface area (Å²) in [5.41, 5.74) is 6.38. The summed E-state index contributed by atoms with van der Waals surface area (Å²) >= 11 is 0. The van der Waals surface area contributed by atoms with Crippen molar-refractivity contribution in [2.24, 2.45) is 10.9 Å². The van der Waals surface area contributed by atoms with Crippen LogP contribution < -0.4 is 5.73 Å². The maximum Gasteiger partial charge on any atom is 0.108 e. The Bertz CT molecular complexity index is 181. The van der Waals surface area contributed by atoms with Crippen molar-refractivity contribution in [2.75, 3.05) is 0 Å². The first-order valence-electron chi connectivity index (χ1n) is 2.83. The Labute approximate surface area is 53.2 Å². The van der Waals surface area contributed by atoms with Gasteiger partial charge in [0, 0.05) is 0 Å². The highest BCUT2D eigenvalue weighted by molar-refractivity contribution is 5.25. The third kappa shape index (κ3) is 1.16. The lowest BCUT2D eigenvalue weighted by molar-refractivity contribution is 0.912. The van der Waals surface area contributed by atoms with E-state index in [9.17, 15) is 4.91 Å². The fourth-order valence-electron chi connectivity index (χ4n) is 0.769. The summed E-state index contributed by atoms with van der Waals surface area (Å²) in [6.45, 7) is 0. The number of hydrogen-bond acceptors (Lipinski definition) is 3. The van der Waals surface area contributed by atoms with E-state index < -0.39 is 0 Å². The Balaban J connectivity index is 2.84. The summed E-state index contributed by atoms with van der Waals surface area (Å²) in [7, 11) is 0. The van der Waals surface area contributed by atoms with Crippen LogP contribution in [0.4, 0.5) is 0 Å². The third-order valence-corrected chi connectivity index (χ3v) is 1.29. The highest BCUT2D eigenvalue weighted by atomic mass is 16.3. The molecule has 2 N–H and O–H groups in total. The van der Waals surface area contributed by atoms with Gasteiger partial charge in [0.2, 0.25) is 0 Å². The number of nitrogens with zero attached hydrogens (tertiary/aromatic N) is 1. The molecular formula is C6H8N2O. The van der Waals surface area contributed by atoms with Crippen molar-refractivity contribution in [3.05, 3.63) is 28.5 Å². The number of nitroso groups, excluding NO2 is 1. The second-order valence-electron chi connectivity index (χ2n) is 1.93. The van der Waals surface area contributed by atoms with E-state index in [4.69, 9.17) is 5.73 Å². The first-order valence-corrected chi connectivity index (χ1v) is 2.83. The molecule has 0 amide bonds. The largest absolute Gasteiger partial charge is 0.397 e. The normalized spacial score (nSPS) is 18.2. The van der Waals surface area contributed by atoms with E-state index in [1.54, 1.807) is 6.08 Å². The lowest BCUT2D eigenvalue weighted by atomic mass is 10.1. The van der Waals surface area contributed by atoms with Crippen molar-refractivity contribution in [3.63, 3.8) is 0 Å². The van der Waals surface area contributed by atoms with Gasteiger partial charge in [0.25, 0.3) is 0 Å². The standard InChI is InChI=1S/C6H8N2O/c7-5-3-1-2-4-6(5)8-9/h1,3H,2,4,7H2. The van der Waals surface area contributed by atoms with Crippen LogP contribution in [0, 0.1) is 4.91 Å². The summed E-state index contributed by atoms with van der Waals surface area (Å²) in [5.74, 6) is 0. The predicted octanol–water partition coefficient (Wildman–Crippen LogP) is 1.27. The van der Waals surface area contributed by atoms with Gasteiger partial charge in [0.15, 0.2) is 0 Å². The van der Waals surface area contributed by atoms with Crippen molar-refractivity contribution in [1.82, 2.24) is 0 Å². The van der Waals surface area contributed by atoms with Gasteiger partial charge in [0.05, 0.1) is 5.70 Å². The molecule has 0 aromatic rings. The van der Waals surface area contributed by atoms with Crippen molar-refractivity contribution in [1.29, 1.82) is 0 Å². The van der Waals surface area contributed by atoms with Crippen LogP contribution in [-0.4, -0.2) is 0 Å². The van der Waals surface area contributed by atoms with Crippen LogP contribution in [0.5, 0.6) is 0 Å². The van der Waals surface area contributed by atoms with Gasteiger partial charge in [-0.15, -0.1) is 4.91 Å². The number of hydrogen-bond donors (Lipinski definition) is 1. The Kier molecular flexibility index (Phi) is 1.63. The molecule has 0 spiro atoms. The van der Waals surface area contributed by atoms with Crippen molar-refractivity contribution >= 4 is 0 Å². The van der Waals surface area contributed by atoms with E-state index in [0.717, 1.165) is 6.42 Å². The van der Waals surface area contributed by atoms with Crippen LogP contribution in [0.25, 0.3) is 0 Å². The molecule has 0 bridgehead atoms. The van der Waals surface area contributed by atoms with Crippen LogP contribution in [0.1, 0.15) is 12.8 Å². The SMILES string of the molecule is NC1=C(N=O)CCC=C1. The zero-order valence-electron chi connectivity index (χ0n) is 5.00. The molecule has 0 atom stereocenters. The molecule has 0 unspecified atom stereocenters. The molecule has 9 heavy (non-hydrogen) atoms. The Morgan fingerprint density at radius 2 is 2.44 bits per heavy atom. The predicted molar refractivity (Wildman–Crippen MR) is 35.4 cm³/mol. The quantitative estimate of drug-likeness (QED) is 0.535. The number of allylic oxidation sites excluding steroid dienone is 3. The van der Waals surface area contributed by atoms with E-state index in [1.807, 2.05) is 6.08 Å². The minimum atomic E-state index is 0.484. The van der Waals surface area contributed by atoms with Crippen molar-refractivity contribution < 1.29 is 0 Å². The average molecular weight is 124 g/mol. The minimum Gasteiger partial charge on any atom is -0.397 e. The van der Waals surface area contributed by atoms with E-state index in [-0.39, 0.29) is 0 Å². The third-order valence-electron chi connectivity index (χ3n) is 1.29. The Hall–Kier alpha value is -1.12. The maximum absolute atomic E-state index is 9.95. The van der Waals surface area contributed by atoms with Gasteiger partial charge in [-0.05, 0) is 24.1 Å². The molecule has 0 aromatic carbocycles. The van der Waals surface area contributed by atoms with Gasteiger partial charge < -0.3 is 5.73 Å². The molecule has 1 aliphatic rings. The van der Waals surface area contributed by atoms with Gasteiger partial charge >= 0.3 is 0 Å². The van der Waals surface area contributed by atoms with Gasteiger partial charge in [-0.1, -0.05) is 6.08 Å². The summed E-state index contributed by atoms with van der Waals surface area (Å²) in [5, 5.41) is 2.78. The van der Waals surface area contributed by atoms with E-state index in [2.05, 4.69) is 5.18 Å². The Morgan fingerprint density at radius 1 is 1.67 bits per heavy atom. The zero-order chi connectivity index (χ0) is 6.69. The average Bonchev–Trinajstić information content (AvgIpc) is 1.89. The van der Waals surface area contributed by atoms with E-state index >= 15 is 0 Å². The highest BCUT2D eigenvalue weighted by Gasteiger charge is 2.03. The molecule has 3 nitrogen and oxygen atoms in total. The smallest absolute Gasteiger partial charge is 0.108 e. The lowest BCUT2D eigenvalue weighted by Crippen LogP contribution is -2.00.